The van der Waals surface area contributed by atoms with Gasteiger partial charge in [0.05, 0.1) is 11.3 Å². The second-order valence-corrected chi connectivity index (χ2v) is 7.83. The van der Waals surface area contributed by atoms with Crippen molar-refractivity contribution in [1.29, 1.82) is 0 Å². The van der Waals surface area contributed by atoms with Crippen LogP contribution in [0.2, 0.25) is 0 Å². The van der Waals surface area contributed by atoms with Crippen molar-refractivity contribution in [3.05, 3.63) is 77.4 Å². The third kappa shape index (κ3) is 6.14. The van der Waals surface area contributed by atoms with Gasteiger partial charge in [-0.25, -0.2) is 15.0 Å². The van der Waals surface area contributed by atoms with E-state index < -0.39 is 17.6 Å². The molecule has 0 aliphatic heterocycles. The van der Waals surface area contributed by atoms with Crippen LogP contribution in [0.3, 0.4) is 0 Å². The zero-order chi connectivity index (χ0) is 25.9. The molecule has 0 fully saturated rings. The smallest absolute Gasteiger partial charge is 0.417 e. The minimum atomic E-state index is -4.47. The maximum Gasteiger partial charge on any atom is 0.417 e. The van der Waals surface area contributed by atoms with E-state index in [0.717, 1.165) is 23.5 Å². The molecule has 0 bridgehead atoms. The lowest BCUT2D eigenvalue weighted by atomic mass is 10.3. The standard InChI is InChI=1S/C24H21F3N6O3/c1-14-10-15(2)30-23(29-14)33-20(11-16(3)32-33)31-21(34)13-35-18-5-7-19(8-6-18)36-22-9-4-17(12-28-22)24(25,26)27/h4-12H,13H2,1-3H3,(H,31,34). The average Bonchev–Trinajstić information content (AvgIpc) is 3.17. The Morgan fingerprint density at radius 1 is 0.944 bits per heavy atom. The highest BCUT2D eigenvalue weighted by atomic mass is 19.4. The zero-order valence-corrected chi connectivity index (χ0v) is 19.5. The monoisotopic (exact) mass is 498 g/mol. The van der Waals surface area contributed by atoms with Crippen LogP contribution in [0.1, 0.15) is 22.6 Å². The van der Waals surface area contributed by atoms with Crippen molar-refractivity contribution in [2.45, 2.75) is 26.9 Å². The summed E-state index contributed by atoms with van der Waals surface area (Å²) in [6.07, 6.45) is -3.77. The van der Waals surface area contributed by atoms with Crippen LogP contribution in [0, 0.1) is 20.8 Å². The number of carbonyl (C=O) groups is 1. The first-order valence-electron chi connectivity index (χ1n) is 10.7. The Morgan fingerprint density at radius 2 is 1.61 bits per heavy atom. The lowest BCUT2D eigenvalue weighted by Crippen LogP contribution is -2.22. The number of pyridine rings is 1. The lowest BCUT2D eigenvalue weighted by molar-refractivity contribution is -0.137. The number of hydrogen-bond acceptors (Lipinski definition) is 7. The number of amides is 1. The van der Waals surface area contributed by atoms with Crippen LogP contribution in [-0.2, 0) is 11.0 Å². The molecule has 4 aromatic rings. The summed E-state index contributed by atoms with van der Waals surface area (Å²) in [5.41, 5.74) is 1.35. The van der Waals surface area contributed by atoms with Gasteiger partial charge in [-0.3, -0.25) is 4.79 Å². The normalized spacial score (nSPS) is 11.3. The van der Waals surface area contributed by atoms with Crippen molar-refractivity contribution < 1.29 is 27.4 Å². The van der Waals surface area contributed by atoms with E-state index in [9.17, 15) is 18.0 Å². The van der Waals surface area contributed by atoms with Crippen LogP contribution in [0.25, 0.3) is 5.95 Å². The Morgan fingerprint density at radius 3 is 2.22 bits per heavy atom. The predicted octanol–water partition coefficient (Wildman–Crippen LogP) is 4.81. The summed E-state index contributed by atoms with van der Waals surface area (Å²) in [4.78, 5) is 24.9. The van der Waals surface area contributed by atoms with Crippen LogP contribution in [0.15, 0.2) is 54.7 Å². The van der Waals surface area contributed by atoms with Crippen LogP contribution in [-0.4, -0.2) is 37.2 Å². The number of alkyl halides is 3. The van der Waals surface area contributed by atoms with E-state index in [4.69, 9.17) is 9.47 Å². The van der Waals surface area contributed by atoms with Gasteiger partial charge in [0.2, 0.25) is 5.88 Å². The predicted molar refractivity (Wildman–Crippen MR) is 123 cm³/mol. The lowest BCUT2D eigenvalue weighted by Gasteiger charge is -2.10. The Balaban J connectivity index is 1.34. The average molecular weight is 498 g/mol. The fraction of sp³-hybridized carbons (Fsp3) is 0.208. The molecular weight excluding hydrogens is 477 g/mol. The number of nitrogens with zero attached hydrogens (tertiary/aromatic N) is 5. The first kappa shape index (κ1) is 24.6. The number of nitrogens with one attached hydrogen (secondary N) is 1. The van der Waals surface area contributed by atoms with E-state index >= 15 is 0 Å². The number of ether oxygens (including phenoxy) is 2. The molecule has 0 atom stereocenters. The van der Waals surface area contributed by atoms with E-state index in [1.54, 1.807) is 37.3 Å². The molecule has 9 nitrogen and oxygen atoms in total. The van der Waals surface area contributed by atoms with Crippen molar-refractivity contribution in [3.8, 4) is 23.3 Å². The molecule has 3 heterocycles. The third-order valence-electron chi connectivity index (χ3n) is 4.74. The molecule has 1 N–H and O–H groups in total. The SMILES string of the molecule is Cc1cc(C)nc(-n2nc(C)cc2NC(=O)COc2ccc(Oc3ccc(C(F)(F)F)cn3)cc2)n1. The molecule has 0 spiro atoms. The molecule has 0 saturated carbocycles. The van der Waals surface area contributed by atoms with Gasteiger partial charge in [-0.15, -0.1) is 0 Å². The minimum Gasteiger partial charge on any atom is -0.484 e. The quantitative estimate of drug-likeness (QED) is 0.390. The summed E-state index contributed by atoms with van der Waals surface area (Å²) in [7, 11) is 0. The summed E-state index contributed by atoms with van der Waals surface area (Å²) in [6, 6.07) is 11.8. The van der Waals surface area contributed by atoms with Crippen LogP contribution >= 0.6 is 0 Å². The van der Waals surface area contributed by atoms with Crippen LogP contribution in [0.4, 0.5) is 19.0 Å². The highest BCUT2D eigenvalue weighted by molar-refractivity contribution is 5.91. The van der Waals surface area contributed by atoms with Gasteiger partial charge >= 0.3 is 6.18 Å². The largest absolute Gasteiger partial charge is 0.484 e. The van der Waals surface area contributed by atoms with Crippen molar-refractivity contribution in [2.24, 2.45) is 0 Å². The van der Waals surface area contributed by atoms with Gasteiger partial charge in [-0.1, -0.05) is 0 Å². The molecular formula is C24H21F3N6O3. The van der Waals surface area contributed by atoms with E-state index in [1.165, 1.54) is 4.68 Å². The second-order valence-electron chi connectivity index (χ2n) is 7.83. The molecule has 0 radical (unpaired) electrons. The summed E-state index contributed by atoms with van der Waals surface area (Å²) < 4.78 is 50.3. The van der Waals surface area contributed by atoms with E-state index in [1.807, 2.05) is 19.9 Å². The van der Waals surface area contributed by atoms with Crippen molar-refractivity contribution in [3.63, 3.8) is 0 Å². The van der Waals surface area contributed by atoms with E-state index in [-0.39, 0.29) is 12.5 Å². The summed E-state index contributed by atoms with van der Waals surface area (Å²) in [5, 5.41) is 7.10. The fourth-order valence-corrected chi connectivity index (χ4v) is 3.20. The Hall–Kier alpha value is -4.48. The second kappa shape index (κ2) is 10.0. The molecule has 0 saturated heterocycles. The zero-order valence-electron chi connectivity index (χ0n) is 19.5. The third-order valence-corrected chi connectivity index (χ3v) is 4.74. The van der Waals surface area contributed by atoms with Gasteiger partial charge in [0, 0.05) is 29.7 Å². The summed E-state index contributed by atoms with van der Waals surface area (Å²) >= 11 is 0. The van der Waals surface area contributed by atoms with Gasteiger partial charge in [-0.05, 0) is 57.2 Å². The molecule has 186 valence electrons. The van der Waals surface area contributed by atoms with Gasteiger partial charge < -0.3 is 14.8 Å². The number of halogens is 3. The van der Waals surface area contributed by atoms with Gasteiger partial charge in [0.15, 0.2) is 6.61 Å². The number of hydrogen-bond donors (Lipinski definition) is 1. The maximum absolute atomic E-state index is 12.6. The molecule has 36 heavy (non-hydrogen) atoms. The number of aryl methyl sites for hydroxylation is 3. The number of carbonyl (C=O) groups excluding carboxylic acids is 1. The number of rotatable bonds is 7. The van der Waals surface area contributed by atoms with Crippen LogP contribution < -0.4 is 14.8 Å². The molecule has 0 unspecified atom stereocenters. The Kier molecular flexibility index (Phi) is 6.86. The molecule has 3 aromatic heterocycles. The van der Waals surface area contributed by atoms with Crippen molar-refractivity contribution in [1.82, 2.24) is 24.7 Å². The molecule has 12 heteroatoms. The fourth-order valence-electron chi connectivity index (χ4n) is 3.20. The van der Waals surface area contributed by atoms with Crippen LogP contribution in [0.5, 0.6) is 17.4 Å². The first-order chi connectivity index (χ1) is 17.1. The van der Waals surface area contributed by atoms with Gasteiger partial charge in [-0.2, -0.15) is 23.0 Å². The first-order valence-corrected chi connectivity index (χ1v) is 10.7. The molecule has 0 aliphatic carbocycles. The summed E-state index contributed by atoms with van der Waals surface area (Å²) in [5.74, 6) is 1.06. The van der Waals surface area contributed by atoms with Gasteiger partial charge in [0.25, 0.3) is 11.9 Å². The Labute approximate surface area is 203 Å². The minimum absolute atomic E-state index is 0.00994. The molecule has 0 aliphatic rings. The number of anilines is 1. The number of aromatic nitrogens is 5. The highest BCUT2D eigenvalue weighted by Crippen LogP contribution is 2.30. The van der Waals surface area contributed by atoms with E-state index in [2.05, 4.69) is 25.4 Å². The van der Waals surface area contributed by atoms with E-state index in [0.29, 0.717) is 35.2 Å². The maximum atomic E-state index is 12.6. The highest BCUT2D eigenvalue weighted by Gasteiger charge is 2.30. The molecule has 1 amide bonds. The van der Waals surface area contributed by atoms with Gasteiger partial charge in [0.1, 0.15) is 17.3 Å². The number of benzene rings is 1. The van der Waals surface area contributed by atoms with Crippen molar-refractivity contribution in [2.75, 3.05) is 11.9 Å². The Bertz CT molecular complexity index is 1350. The van der Waals surface area contributed by atoms with Crippen molar-refractivity contribution >= 4 is 11.7 Å². The molecule has 4 rings (SSSR count). The topological polar surface area (TPSA) is 104 Å². The summed E-state index contributed by atoms with van der Waals surface area (Å²) in [6.45, 7) is 5.20. The molecule has 1 aromatic carbocycles.